The van der Waals surface area contributed by atoms with Gasteiger partial charge in [0.05, 0.1) is 6.04 Å². The lowest BCUT2D eigenvalue weighted by atomic mass is 10.1. The number of Topliss-reactive ketones (excluding diaryl/α,β-unsaturated/α-hetero) is 1. The monoisotopic (exact) mass is 182 g/mol. The van der Waals surface area contributed by atoms with Gasteiger partial charge in [0.1, 0.15) is 5.78 Å². The van der Waals surface area contributed by atoms with E-state index in [1.54, 1.807) is 0 Å². The molecule has 1 atom stereocenters. The standard InChI is InChI=1S/C10H18N2O/c1-11-5-7-12(8-6-11)9-3-2-4-10(9)13/h9H,2-8H2,1H3. The average molecular weight is 182 g/mol. The van der Waals surface area contributed by atoms with Crippen LogP contribution < -0.4 is 0 Å². The molecule has 1 aliphatic heterocycles. The van der Waals surface area contributed by atoms with Crippen LogP contribution in [0.15, 0.2) is 0 Å². The van der Waals surface area contributed by atoms with Crippen molar-refractivity contribution < 1.29 is 4.79 Å². The van der Waals surface area contributed by atoms with Gasteiger partial charge in [-0.2, -0.15) is 0 Å². The average Bonchev–Trinajstić information content (AvgIpc) is 2.53. The molecule has 1 unspecified atom stereocenters. The number of carbonyl (C=O) groups is 1. The summed E-state index contributed by atoms with van der Waals surface area (Å²) in [5.41, 5.74) is 0. The van der Waals surface area contributed by atoms with Gasteiger partial charge in [-0.15, -0.1) is 0 Å². The van der Waals surface area contributed by atoms with E-state index >= 15 is 0 Å². The highest BCUT2D eigenvalue weighted by molar-refractivity contribution is 5.85. The summed E-state index contributed by atoms with van der Waals surface area (Å²) in [7, 11) is 2.15. The van der Waals surface area contributed by atoms with E-state index in [2.05, 4.69) is 16.8 Å². The highest BCUT2D eigenvalue weighted by Crippen LogP contribution is 2.21. The quantitative estimate of drug-likeness (QED) is 0.585. The van der Waals surface area contributed by atoms with E-state index < -0.39 is 0 Å². The molecule has 1 heterocycles. The molecular formula is C10H18N2O. The molecule has 2 fully saturated rings. The zero-order valence-corrected chi connectivity index (χ0v) is 8.33. The Balaban J connectivity index is 1.90. The zero-order chi connectivity index (χ0) is 9.26. The number of hydrogen-bond acceptors (Lipinski definition) is 3. The number of likely N-dealkylation sites (N-methyl/N-ethyl adjacent to an activating group) is 1. The van der Waals surface area contributed by atoms with Crippen LogP contribution in [-0.4, -0.2) is 54.9 Å². The van der Waals surface area contributed by atoms with Crippen molar-refractivity contribution in [1.29, 1.82) is 0 Å². The Morgan fingerprint density at radius 1 is 1.23 bits per heavy atom. The van der Waals surface area contributed by atoms with Gasteiger partial charge in [-0.1, -0.05) is 0 Å². The molecule has 0 radical (unpaired) electrons. The van der Waals surface area contributed by atoms with Crippen LogP contribution in [0.4, 0.5) is 0 Å². The first-order valence-electron chi connectivity index (χ1n) is 5.22. The summed E-state index contributed by atoms with van der Waals surface area (Å²) < 4.78 is 0. The molecule has 74 valence electrons. The van der Waals surface area contributed by atoms with Crippen molar-refractivity contribution in [3.8, 4) is 0 Å². The Kier molecular flexibility index (Phi) is 2.65. The minimum Gasteiger partial charge on any atom is -0.304 e. The van der Waals surface area contributed by atoms with Gasteiger partial charge in [0.15, 0.2) is 0 Å². The lowest BCUT2D eigenvalue weighted by Gasteiger charge is -2.35. The lowest BCUT2D eigenvalue weighted by molar-refractivity contribution is -0.122. The van der Waals surface area contributed by atoms with Gasteiger partial charge in [0.25, 0.3) is 0 Å². The van der Waals surface area contributed by atoms with Crippen LogP contribution in [0.5, 0.6) is 0 Å². The van der Waals surface area contributed by atoms with Crippen molar-refractivity contribution in [3.63, 3.8) is 0 Å². The van der Waals surface area contributed by atoms with E-state index in [9.17, 15) is 4.79 Å². The highest BCUT2D eigenvalue weighted by atomic mass is 16.1. The summed E-state index contributed by atoms with van der Waals surface area (Å²) in [4.78, 5) is 16.2. The van der Waals surface area contributed by atoms with E-state index in [4.69, 9.17) is 0 Å². The molecular weight excluding hydrogens is 164 g/mol. The van der Waals surface area contributed by atoms with Crippen molar-refractivity contribution in [2.24, 2.45) is 0 Å². The van der Waals surface area contributed by atoms with Crippen molar-refractivity contribution in [2.75, 3.05) is 33.2 Å². The Labute approximate surface area is 79.7 Å². The molecule has 13 heavy (non-hydrogen) atoms. The number of rotatable bonds is 1. The fourth-order valence-corrected chi connectivity index (χ4v) is 2.32. The van der Waals surface area contributed by atoms with Crippen molar-refractivity contribution >= 4 is 5.78 Å². The van der Waals surface area contributed by atoms with Crippen LogP contribution in [0, 0.1) is 0 Å². The van der Waals surface area contributed by atoms with Gasteiger partial charge in [-0.3, -0.25) is 9.69 Å². The molecule has 0 amide bonds. The predicted octanol–water partition coefficient (Wildman–Crippen LogP) is 0.355. The smallest absolute Gasteiger partial charge is 0.149 e. The summed E-state index contributed by atoms with van der Waals surface area (Å²) >= 11 is 0. The van der Waals surface area contributed by atoms with Crippen LogP contribution in [0.2, 0.25) is 0 Å². The molecule has 0 aromatic heterocycles. The van der Waals surface area contributed by atoms with E-state index in [1.807, 2.05) is 0 Å². The molecule has 0 N–H and O–H groups in total. The first-order chi connectivity index (χ1) is 6.27. The summed E-state index contributed by atoms with van der Waals surface area (Å²) in [6.07, 6.45) is 3.02. The van der Waals surface area contributed by atoms with Crippen LogP contribution >= 0.6 is 0 Å². The molecule has 0 spiro atoms. The number of piperazine rings is 1. The number of ketones is 1. The topological polar surface area (TPSA) is 23.6 Å². The number of hydrogen-bond donors (Lipinski definition) is 0. The van der Waals surface area contributed by atoms with Gasteiger partial charge < -0.3 is 4.90 Å². The van der Waals surface area contributed by atoms with Gasteiger partial charge >= 0.3 is 0 Å². The Hall–Kier alpha value is -0.410. The van der Waals surface area contributed by atoms with E-state index in [0.29, 0.717) is 5.78 Å². The van der Waals surface area contributed by atoms with Crippen LogP contribution in [0.25, 0.3) is 0 Å². The second-order valence-corrected chi connectivity index (χ2v) is 4.21. The lowest BCUT2D eigenvalue weighted by Crippen LogP contribution is -2.50. The molecule has 1 aliphatic carbocycles. The first-order valence-corrected chi connectivity index (χ1v) is 5.22. The SMILES string of the molecule is CN1CCN(C2CCCC2=O)CC1. The van der Waals surface area contributed by atoms with Crippen molar-refractivity contribution in [2.45, 2.75) is 25.3 Å². The van der Waals surface area contributed by atoms with Gasteiger partial charge in [0.2, 0.25) is 0 Å². The van der Waals surface area contributed by atoms with Gasteiger partial charge in [-0.25, -0.2) is 0 Å². The van der Waals surface area contributed by atoms with E-state index in [0.717, 1.165) is 45.4 Å². The van der Waals surface area contributed by atoms with Crippen molar-refractivity contribution in [3.05, 3.63) is 0 Å². The molecule has 0 aromatic carbocycles. The minimum atomic E-state index is 0.272. The molecule has 1 saturated carbocycles. The largest absolute Gasteiger partial charge is 0.304 e. The molecule has 3 heteroatoms. The molecule has 1 saturated heterocycles. The summed E-state index contributed by atoms with van der Waals surface area (Å²) in [5, 5.41) is 0. The first kappa shape index (κ1) is 9.16. The van der Waals surface area contributed by atoms with Crippen molar-refractivity contribution in [1.82, 2.24) is 9.80 Å². The maximum absolute atomic E-state index is 11.5. The Morgan fingerprint density at radius 3 is 2.46 bits per heavy atom. The zero-order valence-electron chi connectivity index (χ0n) is 8.33. The fourth-order valence-electron chi connectivity index (χ4n) is 2.32. The fraction of sp³-hybridized carbons (Fsp3) is 0.900. The maximum Gasteiger partial charge on any atom is 0.149 e. The van der Waals surface area contributed by atoms with E-state index in [1.165, 1.54) is 0 Å². The van der Waals surface area contributed by atoms with E-state index in [-0.39, 0.29) is 6.04 Å². The Morgan fingerprint density at radius 2 is 1.92 bits per heavy atom. The van der Waals surface area contributed by atoms with Crippen LogP contribution in [-0.2, 0) is 4.79 Å². The predicted molar refractivity (Wildman–Crippen MR) is 51.7 cm³/mol. The second kappa shape index (κ2) is 3.76. The van der Waals surface area contributed by atoms with Gasteiger partial charge in [-0.05, 0) is 19.9 Å². The minimum absolute atomic E-state index is 0.272. The third-order valence-corrected chi connectivity index (χ3v) is 3.25. The van der Waals surface area contributed by atoms with Gasteiger partial charge in [0, 0.05) is 32.6 Å². The maximum atomic E-state index is 11.5. The number of nitrogens with zero attached hydrogens (tertiary/aromatic N) is 2. The number of carbonyl (C=O) groups excluding carboxylic acids is 1. The summed E-state index contributed by atoms with van der Waals surface area (Å²) in [6, 6.07) is 0.272. The molecule has 2 aliphatic rings. The molecule has 0 aromatic rings. The third-order valence-electron chi connectivity index (χ3n) is 3.25. The Bertz CT molecular complexity index is 197. The molecule has 3 nitrogen and oxygen atoms in total. The molecule has 2 rings (SSSR count). The van der Waals surface area contributed by atoms with Crippen LogP contribution in [0.3, 0.4) is 0 Å². The second-order valence-electron chi connectivity index (χ2n) is 4.21. The van der Waals surface area contributed by atoms with Crippen LogP contribution in [0.1, 0.15) is 19.3 Å². The normalized spacial score (nSPS) is 32.7. The summed E-state index contributed by atoms with van der Waals surface area (Å²) in [6.45, 7) is 4.38. The third kappa shape index (κ3) is 1.92. The summed E-state index contributed by atoms with van der Waals surface area (Å²) in [5.74, 6) is 0.476. The molecule has 0 bridgehead atoms. The highest BCUT2D eigenvalue weighted by Gasteiger charge is 2.31.